The van der Waals surface area contributed by atoms with Gasteiger partial charge in [0.2, 0.25) is 0 Å². The van der Waals surface area contributed by atoms with E-state index in [-0.39, 0.29) is 8.67 Å². The third kappa shape index (κ3) is 3.57. The molecule has 1 heterocycles. The maximum atomic E-state index is 13.8. The lowest BCUT2D eigenvalue weighted by Gasteiger charge is -2.12. The SMILES string of the molecule is NC=NC=NCCNc1cc2c(cc1-c1ccccc1)[nH]c1ccc(F)cc12.[HH].[HH]. The van der Waals surface area contributed by atoms with Gasteiger partial charge in [0, 0.05) is 42.5 Å². The van der Waals surface area contributed by atoms with Crippen LogP contribution in [0.1, 0.15) is 2.85 Å². The van der Waals surface area contributed by atoms with Crippen LogP contribution in [0, 0.1) is 5.82 Å². The fourth-order valence-corrected chi connectivity index (χ4v) is 3.32. The highest BCUT2D eigenvalue weighted by Crippen LogP contribution is 2.35. The third-order valence-corrected chi connectivity index (χ3v) is 4.57. The van der Waals surface area contributed by atoms with E-state index in [9.17, 15) is 4.39 Å². The lowest BCUT2D eigenvalue weighted by atomic mass is 10.0. The van der Waals surface area contributed by atoms with E-state index in [4.69, 9.17) is 5.73 Å². The number of fused-ring (bicyclic) bond motifs is 3. The Bertz CT molecular complexity index is 1170. The molecule has 0 aliphatic rings. The van der Waals surface area contributed by atoms with Gasteiger partial charge in [0.15, 0.2) is 0 Å². The Kier molecular flexibility index (Phi) is 5.01. The smallest absolute Gasteiger partial charge is 0.123 e. The number of benzene rings is 3. The van der Waals surface area contributed by atoms with Crippen LogP contribution in [0.25, 0.3) is 32.9 Å². The van der Waals surface area contributed by atoms with Crippen LogP contribution in [-0.4, -0.2) is 30.8 Å². The highest BCUT2D eigenvalue weighted by Gasteiger charge is 2.12. The minimum atomic E-state index is -0.246. The van der Waals surface area contributed by atoms with E-state index >= 15 is 0 Å². The van der Waals surface area contributed by atoms with Crippen LogP contribution in [0.5, 0.6) is 0 Å². The average Bonchev–Trinajstić information content (AvgIpc) is 3.07. The molecule has 144 valence electrons. The first-order chi connectivity index (χ1) is 13.8. The molecule has 4 aromatic rings. The Balaban J connectivity index is 0.00000160. The lowest BCUT2D eigenvalue weighted by molar-refractivity contribution is 0.630. The van der Waals surface area contributed by atoms with Crippen molar-refractivity contribution < 1.29 is 7.24 Å². The first-order valence-electron chi connectivity index (χ1n) is 9.02. The highest BCUT2D eigenvalue weighted by atomic mass is 19.1. The number of nitrogens with one attached hydrogen (secondary N) is 2. The van der Waals surface area contributed by atoms with Crippen molar-refractivity contribution in [3.63, 3.8) is 0 Å². The van der Waals surface area contributed by atoms with Crippen molar-refractivity contribution in [1.82, 2.24) is 4.98 Å². The molecule has 1 aromatic heterocycles. The summed E-state index contributed by atoms with van der Waals surface area (Å²) in [6.45, 7) is 1.20. The summed E-state index contributed by atoms with van der Waals surface area (Å²) in [4.78, 5) is 11.3. The fourth-order valence-electron chi connectivity index (χ4n) is 3.32. The first kappa shape index (κ1) is 17.7. The van der Waals surface area contributed by atoms with Gasteiger partial charge < -0.3 is 16.0 Å². The Labute approximate surface area is 164 Å². The summed E-state index contributed by atoms with van der Waals surface area (Å²) in [5, 5.41) is 5.29. The summed E-state index contributed by atoms with van der Waals surface area (Å²) in [6.07, 6.45) is 2.64. The van der Waals surface area contributed by atoms with Crippen molar-refractivity contribution in [2.75, 3.05) is 18.4 Å². The van der Waals surface area contributed by atoms with Gasteiger partial charge in [-0.15, -0.1) is 0 Å². The molecule has 0 amide bonds. The number of anilines is 1. The van der Waals surface area contributed by atoms with Crippen molar-refractivity contribution in [2.45, 2.75) is 0 Å². The van der Waals surface area contributed by atoms with Crippen molar-refractivity contribution >= 4 is 40.2 Å². The molecule has 0 saturated carbocycles. The maximum absolute atomic E-state index is 13.8. The standard InChI is InChI=1S/C22H20FN5.2H2/c23-16-6-7-20-18(10-16)19-12-21(27-9-8-25-14-26-13-24)17(11-22(19)28-20)15-4-2-1-3-5-15;;/h1-7,10-14,27-28H,8-9H2,(H2,24,25,26);2*1H. The van der Waals surface area contributed by atoms with E-state index < -0.39 is 0 Å². The van der Waals surface area contributed by atoms with Gasteiger partial charge >= 0.3 is 0 Å². The predicted molar refractivity (Wildman–Crippen MR) is 120 cm³/mol. The molecule has 0 radical (unpaired) electrons. The lowest BCUT2D eigenvalue weighted by Crippen LogP contribution is -2.06. The van der Waals surface area contributed by atoms with Gasteiger partial charge in [-0.05, 0) is 35.9 Å². The first-order valence-corrected chi connectivity index (χ1v) is 9.02. The number of aliphatic imine (C=N–C) groups is 2. The Morgan fingerprint density at radius 2 is 1.86 bits per heavy atom. The predicted octanol–water partition coefficient (Wildman–Crippen LogP) is 5.05. The summed E-state index contributed by atoms with van der Waals surface area (Å²) in [5.74, 6) is -0.246. The van der Waals surface area contributed by atoms with E-state index in [1.165, 1.54) is 18.7 Å². The van der Waals surface area contributed by atoms with Crippen LogP contribution in [-0.2, 0) is 0 Å². The fraction of sp³-hybridized carbons (Fsp3) is 0.0909. The second kappa shape index (κ2) is 7.92. The highest BCUT2D eigenvalue weighted by molar-refractivity contribution is 6.10. The van der Waals surface area contributed by atoms with Crippen molar-refractivity contribution in [3.05, 3.63) is 66.5 Å². The summed E-state index contributed by atoms with van der Waals surface area (Å²) < 4.78 is 13.8. The molecule has 0 aliphatic carbocycles. The van der Waals surface area contributed by atoms with Crippen LogP contribution < -0.4 is 11.1 Å². The zero-order chi connectivity index (χ0) is 19.3. The molecular weight excluding hydrogens is 353 g/mol. The monoisotopic (exact) mass is 377 g/mol. The molecule has 0 spiro atoms. The van der Waals surface area contributed by atoms with Crippen LogP contribution in [0.2, 0.25) is 0 Å². The molecule has 4 N–H and O–H groups in total. The Morgan fingerprint density at radius 3 is 2.68 bits per heavy atom. The number of H-pyrrole nitrogens is 1. The molecule has 5 nitrogen and oxygen atoms in total. The van der Waals surface area contributed by atoms with Crippen LogP contribution >= 0.6 is 0 Å². The molecule has 6 heteroatoms. The normalized spacial score (nSPS) is 11.9. The Hall–Kier alpha value is -3.67. The average molecular weight is 377 g/mol. The van der Waals surface area contributed by atoms with Crippen LogP contribution in [0.3, 0.4) is 0 Å². The molecule has 0 aliphatic heterocycles. The molecule has 28 heavy (non-hydrogen) atoms. The topological polar surface area (TPSA) is 78.6 Å². The van der Waals surface area contributed by atoms with Crippen molar-refractivity contribution in [2.24, 2.45) is 15.7 Å². The molecule has 3 aromatic carbocycles. The van der Waals surface area contributed by atoms with Gasteiger partial charge in [0.1, 0.15) is 12.2 Å². The van der Waals surface area contributed by atoms with Crippen LogP contribution in [0.4, 0.5) is 10.1 Å². The van der Waals surface area contributed by atoms with Gasteiger partial charge in [0.25, 0.3) is 0 Å². The molecule has 0 saturated heterocycles. The van der Waals surface area contributed by atoms with Gasteiger partial charge in [0.05, 0.1) is 12.9 Å². The molecule has 0 bridgehead atoms. The summed E-state index contributed by atoms with van der Waals surface area (Å²) >= 11 is 0. The summed E-state index contributed by atoms with van der Waals surface area (Å²) in [6, 6.07) is 19.1. The third-order valence-electron chi connectivity index (χ3n) is 4.57. The Morgan fingerprint density at radius 1 is 1.04 bits per heavy atom. The quantitative estimate of drug-likeness (QED) is 0.250. The molecule has 4 rings (SSSR count). The second-order valence-electron chi connectivity index (χ2n) is 6.37. The number of rotatable bonds is 6. The molecule has 0 unspecified atom stereocenters. The van der Waals surface area contributed by atoms with Crippen molar-refractivity contribution in [3.8, 4) is 11.1 Å². The largest absolute Gasteiger partial charge is 0.390 e. The van der Waals surface area contributed by atoms with E-state index in [1.807, 2.05) is 18.2 Å². The molecular formula is C22H24FN5. The summed E-state index contributed by atoms with van der Waals surface area (Å²) in [7, 11) is 0. The van der Waals surface area contributed by atoms with Gasteiger partial charge in [-0.1, -0.05) is 30.3 Å². The van der Waals surface area contributed by atoms with E-state index in [0.717, 1.165) is 38.6 Å². The maximum Gasteiger partial charge on any atom is 0.123 e. The zero-order valence-electron chi connectivity index (χ0n) is 15.2. The number of nitrogens with two attached hydrogens (primary N) is 1. The number of nitrogens with zero attached hydrogens (tertiary/aromatic N) is 2. The van der Waals surface area contributed by atoms with Gasteiger partial charge in [-0.25, -0.2) is 9.38 Å². The van der Waals surface area contributed by atoms with E-state index in [1.54, 1.807) is 12.1 Å². The second-order valence-corrected chi connectivity index (χ2v) is 6.37. The zero-order valence-corrected chi connectivity index (χ0v) is 15.2. The van der Waals surface area contributed by atoms with Crippen LogP contribution in [0.15, 0.2) is 70.6 Å². The van der Waals surface area contributed by atoms with Gasteiger partial charge in [-0.3, -0.25) is 4.99 Å². The molecule has 0 atom stereocenters. The minimum absolute atomic E-state index is 0. The number of aromatic nitrogens is 1. The van der Waals surface area contributed by atoms with Crippen molar-refractivity contribution in [1.29, 1.82) is 0 Å². The number of aromatic amines is 1. The number of hydrogen-bond acceptors (Lipinski definition) is 2. The number of hydrogen-bond donors (Lipinski definition) is 3. The minimum Gasteiger partial charge on any atom is -0.390 e. The molecule has 0 fully saturated rings. The van der Waals surface area contributed by atoms with E-state index in [0.29, 0.717) is 13.1 Å². The van der Waals surface area contributed by atoms with Gasteiger partial charge in [-0.2, -0.15) is 0 Å². The number of halogens is 1. The van der Waals surface area contributed by atoms with E-state index in [2.05, 4.69) is 44.6 Å². The summed E-state index contributed by atoms with van der Waals surface area (Å²) in [5.41, 5.74) is 10.2.